The van der Waals surface area contributed by atoms with Crippen LogP contribution in [0.25, 0.3) is 22.3 Å². The third-order valence-corrected chi connectivity index (χ3v) is 7.47. The fraction of sp³-hybridized carbons (Fsp3) is 0.576. The molecule has 0 radical (unpaired) electrons. The number of nitrogens with one attached hydrogen (secondary N) is 2. The van der Waals surface area contributed by atoms with Gasteiger partial charge in [0.25, 0.3) is 0 Å². The van der Waals surface area contributed by atoms with Gasteiger partial charge in [0.05, 0.1) is 11.4 Å². The standard InChI is InChI=1S/C33H48FN3O/c1-2-3-4-5-6-7-8-9-10-11-12-13-14-16-25-36-32(38)21-18-19-28-29-26-27(34)22-23-30(29)37-33(28)31-20-15-17-24-35-31/h15,17,20,22-24,26,37H,2-14,16,18-19,21,25H2,1H3,(H,36,38). The molecule has 0 aliphatic heterocycles. The molecule has 3 rings (SSSR count). The summed E-state index contributed by atoms with van der Waals surface area (Å²) in [6.45, 7) is 3.03. The summed E-state index contributed by atoms with van der Waals surface area (Å²) in [5, 5.41) is 3.95. The predicted molar refractivity (Wildman–Crippen MR) is 158 cm³/mol. The number of aryl methyl sites for hydroxylation is 1. The number of carbonyl (C=O) groups excluding carboxylic acids is 1. The Morgan fingerprint density at radius 2 is 1.50 bits per heavy atom. The second kappa shape index (κ2) is 17.8. The fourth-order valence-electron chi connectivity index (χ4n) is 5.27. The molecule has 2 heterocycles. The van der Waals surface area contributed by atoms with Crippen molar-refractivity contribution in [3.63, 3.8) is 0 Å². The Labute approximate surface area is 229 Å². The number of benzene rings is 1. The van der Waals surface area contributed by atoms with Crippen molar-refractivity contribution in [2.75, 3.05) is 6.54 Å². The summed E-state index contributed by atoms with van der Waals surface area (Å²) in [7, 11) is 0. The Morgan fingerprint density at radius 3 is 2.13 bits per heavy atom. The molecular formula is C33H48FN3O. The van der Waals surface area contributed by atoms with E-state index in [2.05, 4.69) is 22.2 Å². The molecule has 1 amide bonds. The van der Waals surface area contributed by atoms with Crippen LogP contribution in [0.1, 0.15) is 115 Å². The van der Waals surface area contributed by atoms with Crippen molar-refractivity contribution < 1.29 is 9.18 Å². The van der Waals surface area contributed by atoms with Gasteiger partial charge in [0, 0.05) is 30.1 Å². The molecule has 208 valence electrons. The van der Waals surface area contributed by atoms with E-state index in [0.717, 1.165) is 40.8 Å². The van der Waals surface area contributed by atoms with Crippen molar-refractivity contribution in [1.82, 2.24) is 15.3 Å². The lowest BCUT2D eigenvalue weighted by Gasteiger charge is -2.07. The van der Waals surface area contributed by atoms with E-state index in [1.807, 2.05) is 18.2 Å². The first-order chi connectivity index (χ1) is 18.7. The molecule has 5 heteroatoms. The van der Waals surface area contributed by atoms with Gasteiger partial charge in [0.1, 0.15) is 5.82 Å². The number of carbonyl (C=O) groups is 1. The van der Waals surface area contributed by atoms with Gasteiger partial charge in [-0.15, -0.1) is 0 Å². The van der Waals surface area contributed by atoms with E-state index in [-0.39, 0.29) is 11.7 Å². The lowest BCUT2D eigenvalue weighted by Crippen LogP contribution is -2.24. The highest BCUT2D eigenvalue weighted by atomic mass is 19.1. The highest BCUT2D eigenvalue weighted by molar-refractivity contribution is 5.90. The monoisotopic (exact) mass is 521 g/mol. The van der Waals surface area contributed by atoms with Crippen LogP contribution in [0, 0.1) is 5.82 Å². The third-order valence-electron chi connectivity index (χ3n) is 7.47. The summed E-state index contributed by atoms with van der Waals surface area (Å²) in [6.07, 6.45) is 22.4. The van der Waals surface area contributed by atoms with Gasteiger partial charge in [0.2, 0.25) is 5.91 Å². The number of hydrogen-bond acceptors (Lipinski definition) is 2. The Balaban J connectivity index is 1.25. The van der Waals surface area contributed by atoms with Crippen LogP contribution in [0.15, 0.2) is 42.6 Å². The number of aromatic amines is 1. The van der Waals surface area contributed by atoms with E-state index in [0.29, 0.717) is 19.3 Å². The molecule has 0 bridgehead atoms. The Morgan fingerprint density at radius 1 is 0.842 bits per heavy atom. The lowest BCUT2D eigenvalue weighted by atomic mass is 10.0. The highest BCUT2D eigenvalue weighted by Crippen LogP contribution is 2.31. The van der Waals surface area contributed by atoms with Gasteiger partial charge in [-0.05, 0) is 55.2 Å². The molecule has 4 nitrogen and oxygen atoms in total. The largest absolute Gasteiger partial charge is 0.356 e. The van der Waals surface area contributed by atoms with E-state index < -0.39 is 0 Å². The third kappa shape index (κ3) is 10.6. The normalized spacial score (nSPS) is 11.3. The van der Waals surface area contributed by atoms with Crippen LogP contribution in [0.3, 0.4) is 0 Å². The molecule has 0 atom stereocenters. The minimum atomic E-state index is -0.253. The number of nitrogens with zero attached hydrogens (tertiary/aromatic N) is 1. The van der Waals surface area contributed by atoms with Crippen LogP contribution in [-0.2, 0) is 11.2 Å². The molecule has 0 fully saturated rings. The average molecular weight is 522 g/mol. The maximum atomic E-state index is 14.0. The Hall–Kier alpha value is -2.69. The van der Waals surface area contributed by atoms with E-state index in [1.165, 1.54) is 89.5 Å². The fourth-order valence-corrected chi connectivity index (χ4v) is 5.27. The number of pyridine rings is 1. The first-order valence-corrected chi connectivity index (χ1v) is 15.2. The molecule has 38 heavy (non-hydrogen) atoms. The second-order valence-corrected chi connectivity index (χ2v) is 10.7. The Kier molecular flexibility index (Phi) is 13.9. The van der Waals surface area contributed by atoms with Crippen LogP contribution in [0.4, 0.5) is 4.39 Å². The minimum Gasteiger partial charge on any atom is -0.356 e. The van der Waals surface area contributed by atoms with Crippen molar-refractivity contribution in [1.29, 1.82) is 0 Å². The van der Waals surface area contributed by atoms with Gasteiger partial charge in [-0.25, -0.2) is 4.39 Å². The maximum absolute atomic E-state index is 14.0. The maximum Gasteiger partial charge on any atom is 0.220 e. The highest BCUT2D eigenvalue weighted by Gasteiger charge is 2.15. The Bertz CT molecular complexity index is 1060. The van der Waals surface area contributed by atoms with Gasteiger partial charge >= 0.3 is 0 Å². The number of amides is 1. The molecule has 0 aliphatic rings. The van der Waals surface area contributed by atoms with E-state index in [1.54, 1.807) is 18.3 Å². The van der Waals surface area contributed by atoms with Crippen LogP contribution >= 0.6 is 0 Å². The average Bonchev–Trinajstić information content (AvgIpc) is 3.29. The second-order valence-electron chi connectivity index (χ2n) is 10.7. The molecule has 0 saturated heterocycles. The van der Waals surface area contributed by atoms with Gasteiger partial charge in [0.15, 0.2) is 0 Å². The first kappa shape index (κ1) is 29.9. The number of H-pyrrole nitrogens is 1. The number of fused-ring (bicyclic) bond motifs is 1. The molecule has 0 saturated carbocycles. The molecule has 3 aromatic rings. The molecular weight excluding hydrogens is 473 g/mol. The van der Waals surface area contributed by atoms with Gasteiger partial charge in [-0.3, -0.25) is 9.78 Å². The molecule has 2 N–H and O–H groups in total. The summed E-state index contributed by atoms with van der Waals surface area (Å²) in [5.74, 6) is -0.152. The van der Waals surface area contributed by atoms with Crippen molar-refractivity contribution in [3.05, 3.63) is 54.0 Å². The van der Waals surface area contributed by atoms with Crippen molar-refractivity contribution in [2.24, 2.45) is 0 Å². The number of rotatable bonds is 20. The molecule has 0 aliphatic carbocycles. The minimum absolute atomic E-state index is 0.102. The van der Waals surface area contributed by atoms with Gasteiger partial charge < -0.3 is 10.3 Å². The van der Waals surface area contributed by atoms with Crippen LogP contribution in [0.5, 0.6) is 0 Å². The number of halogens is 1. The summed E-state index contributed by atoms with van der Waals surface area (Å²) < 4.78 is 14.0. The summed E-state index contributed by atoms with van der Waals surface area (Å²) in [4.78, 5) is 20.3. The zero-order chi connectivity index (χ0) is 26.8. The molecule has 2 aromatic heterocycles. The van der Waals surface area contributed by atoms with Crippen molar-refractivity contribution in [2.45, 2.75) is 116 Å². The number of hydrogen-bond donors (Lipinski definition) is 2. The first-order valence-electron chi connectivity index (χ1n) is 15.2. The summed E-state index contributed by atoms with van der Waals surface area (Å²) in [6, 6.07) is 10.6. The predicted octanol–water partition coefficient (Wildman–Crippen LogP) is 9.29. The van der Waals surface area contributed by atoms with Crippen LogP contribution in [0.2, 0.25) is 0 Å². The van der Waals surface area contributed by atoms with E-state index >= 15 is 0 Å². The SMILES string of the molecule is CCCCCCCCCCCCCCCCNC(=O)CCCc1c(-c2ccccn2)[nH]c2ccc(F)cc12. The summed E-state index contributed by atoms with van der Waals surface area (Å²) in [5.41, 5.74) is 3.66. The van der Waals surface area contributed by atoms with Crippen molar-refractivity contribution >= 4 is 16.8 Å². The molecule has 1 aromatic carbocycles. The van der Waals surface area contributed by atoms with Gasteiger partial charge in [-0.1, -0.05) is 96.5 Å². The zero-order valence-corrected chi connectivity index (χ0v) is 23.5. The molecule has 0 unspecified atom stereocenters. The summed E-state index contributed by atoms with van der Waals surface area (Å²) >= 11 is 0. The van der Waals surface area contributed by atoms with E-state index in [4.69, 9.17) is 0 Å². The number of aromatic nitrogens is 2. The zero-order valence-electron chi connectivity index (χ0n) is 23.5. The van der Waals surface area contributed by atoms with Crippen LogP contribution < -0.4 is 5.32 Å². The van der Waals surface area contributed by atoms with Gasteiger partial charge in [-0.2, -0.15) is 0 Å². The van der Waals surface area contributed by atoms with E-state index in [9.17, 15) is 9.18 Å². The quantitative estimate of drug-likeness (QED) is 0.146. The smallest absolute Gasteiger partial charge is 0.220 e. The van der Waals surface area contributed by atoms with Crippen molar-refractivity contribution in [3.8, 4) is 11.4 Å². The topological polar surface area (TPSA) is 57.8 Å². The molecule has 0 spiro atoms. The van der Waals surface area contributed by atoms with Crippen LogP contribution in [-0.4, -0.2) is 22.4 Å². The number of unbranched alkanes of at least 4 members (excludes halogenated alkanes) is 13. The lowest BCUT2D eigenvalue weighted by molar-refractivity contribution is -0.121.